The highest BCUT2D eigenvalue weighted by atomic mass is 15.2. The Hall–Kier alpha value is -4.47. The summed E-state index contributed by atoms with van der Waals surface area (Å²) in [6.07, 6.45) is 21.6. The van der Waals surface area contributed by atoms with Crippen LogP contribution in [0.3, 0.4) is 0 Å². The summed E-state index contributed by atoms with van der Waals surface area (Å²) in [7, 11) is 2.12. The van der Waals surface area contributed by atoms with Crippen molar-refractivity contribution in [3.8, 4) is 0 Å². The quantitative estimate of drug-likeness (QED) is 0.649. The molecule has 2 unspecified atom stereocenters. The Morgan fingerprint density at radius 2 is 1.81 bits per heavy atom. The van der Waals surface area contributed by atoms with Gasteiger partial charge in [-0.3, -0.25) is 0 Å². The highest BCUT2D eigenvalue weighted by molar-refractivity contribution is 6.15. The minimum absolute atomic E-state index is 0.162. The highest BCUT2D eigenvalue weighted by Gasteiger charge is 2.26. The van der Waals surface area contributed by atoms with E-state index in [4.69, 9.17) is 9.98 Å². The van der Waals surface area contributed by atoms with Crippen LogP contribution in [-0.2, 0) is 0 Å². The number of nitrogens with zero attached hydrogens (tertiary/aromatic N) is 4. The molecule has 3 heterocycles. The average Bonchev–Trinajstić information content (AvgIpc) is 3.49. The van der Waals surface area contributed by atoms with E-state index in [9.17, 15) is 0 Å². The van der Waals surface area contributed by atoms with Gasteiger partial charge in [0.25, 0.3) is 6.21 Å². The van der Waals surface area contributed by atoms with Gasteiger partial charge in [-0.2, -0.15) is 0 Å². The first-order chi connectivity index (χ1) is 17.7. The standard InChI is InChI=1S/C31H28N5/c1-36-18-9-8-16-28(36)25-19-24(27-15-10-17-32-27)20-26(21-25)31-34-29(22-11-4-2-5-12-22)33-30(35-31)23-13-6-3-7-14-23/h2-13,15-17,19-21,23,29H,14,18H2,1H3,(H,33,34,35)/q+1. The third-order valence-corrected chi connectivity index (χ3v) is 6.72. The molecule has 4 aliphatic rings. The van der Waals surface area contributed by atoms with E-state index in [0.29, 0.717) is 0 Å². The molecule has 1 aliphatic carbocycles. The summed E-state index contributed by atoms with van der Waals surface area (Å²) < 4.78 is 4.58. The summed E-state index contributed by atoms with van der Waals surface area (Å²) in [6.45, 7) is 0.883. The van der Waals surface area contributed by atoms with Gasteiger partial charge in [0.1, 0.15) is 17.8 Å². The van der Waals surface area contributed by atoms with Gasteiger partial charge in [-0.15, -0.1) is 0 Å². The second-order valence-electron chi connectivity index (χ2n) is 9.24. The van der Waals surface area contributed by atoms with Crippen molar-refractivity contribution in [1.29, 1.82) is 0 Å². The Morgan fingerprint density at radius 1 is 0.944 bits per heavy atom. The number of hydrogen-bond donors (Lipinski definition) is 1. The van der Waals surface area contributed by atoms with Crippen LogP contribution in [0.15, 0.2) is 113 Å². The molecule has 0 radical (unpaired) electrons. The number of rotatable bonds is 5. The maximum Gasteiger partial charge on any atom is 0.334 e. The molecule has 2 atom stereocenters. The largest absolute Gasteiger partial charge is 0.370 e. The molecular weight excluding hydrogens is 442 g/mol. The Balaban J connectivity index is 1.47. The van der Waals surface area contributed by atoms with Crippen molar-refractivity contribution in [2.24, 2.45) is 15.9 Å². The van der Waals surface area contributed by atoms with Crippen molar-refractivity contribution in [1.82, 2.24) is 14.9 Å². The van der Waals surface area contributed by atoms with Gasteiger partial charge in [-0.05, 0) is 41.8 Å². The van der Waals surface area contributed by atoms with Crippen LogP contribution in [-0.4, -0.2) is 42.1 Å². The Labute approximate surface area is 211 Å². The summed E-state index contributed by atoms with van der Waals surface area (Å²) in [5, 5.41) is 3.62. The van der Waals surface area contributed by atoms with Crippen molar-refractivity contribution < 1.29 is 0 Å². The van der Waals surface area contributed by atoms with E-state index >= 15 is 0 Å². The number of benzene rings is 2. The van der Waals surface area contributed by atoms with Gasteiger partial charge in [0.15, 0.2) is 0 Å². The molecule has 0 spiro atoms. The minimum atomic E-state index is -0.198. The average molecular weight is 471 g/mol. The lowest BCUT2D eigenvalue weighted by atomic mass is 9.96. The maximum absolute atomic E-state index is 5.08. The zero-order chi connectivity index (χ0) is 24.3. The fraction of sp³-hybridized carbons (Fsp3) is 0.161. The Morgan fingerprint density at radius 3 is 2.58 bits per heavy atom. The summed E-state index contributed by atoms with van der Waals surface area (Å²) >= 11 is 0. The molecule has 6 rings (SSSR count). The molecule has 0 aromatic heterocycles. The van der Waals surface area contributed by atoms with Crippen molar-refractivity contribution in [2.45, 2.75) is 12.6 Å². The van der Waals surface area contributed by atoms with Gasteiger partial charge in [0.05, 0.1) is 5.56 Å². The molecule has 176 valence electrons. The summed E-state index contributed by atoms with van der Waals surface area (Å²) in [5.41, 5.74) is 6.49. The van der Waals surface area contributed by atoms with E-state index in [0.717, 1.165) is 52.6 Å². The van der Waals surface area contributed by atoms with Crippen LogP contribution < -0.4 is 9.98 Å². The molecule has 2 aromatic carbocycles. The number of likely N-dealkylation sites (N-methyl/N-ethyl adjacent to an activating group) is 1. The van der Waals surface area contributed by atoms with E-state index in [1.807, 2.05) is 18.4 Å². The lowest BCUT2D eigenvalue weighted by Gasteiger charge is -2.27. The van der Waals surface area contributed by atoms with Crippen LogP contribution in [0.5, 0.6) is 0 Å². The molecule has 0 saturated heterocycles. The van der Waals surface area contributed by atoms with Gasteiger partial charge in [0, 0.05) is 42.9 Å². The summed E-state index contributed by atoms with van der Waals surface area (Å²) in [6, 6.07) is 17.0. The molecular formula is C31H28N5+. The minimum Gasteiger partial charge on any atom is -0.370 e. The van der Waals surface area contributed by atoms with Crippen molar-refractivity contribution in [3.63, 3.8) is 0 Å². The van der Waals surface area contributed by atoms with Crippen molar-refractivity contribution in [2.75, 3.05) is 13.6 Å². The normalized spacial score (nSPS) is 22.2. The molecule has 0 fully saturated rings. The zero-order valence-electron chi connectivity index (χ0n) is 20.3. The maximum atomic E-state index is 5.08. The number of aliphatic imine (C=N–C) groups is 2. The van der Waals surface area contributed by atoms with E-state index in [1.54, 1.807) is 0 Å². The van der Waals surface area contributed by atoms with E-state index in [1.165, 1.54) is 5.70 Å². The lowest BCUT2D eigenvalue weighted by Crippen LogP contribution is -2.35. The molecule has 5 heteroatoms. The van der Waals surface area contributed by atoms with Gasteiger partial charge >= 0.3 is 5.71 Å². The third-order valence-electron chi connectivity index (χ3n) is 6.72. The predicted molar refractivity (Wildman–Crippen MR) is 150 cm³/mol. The van der Waals surface area contributed by atoms with Gasteiger partial charge in [-0.1, -0.05) is 71.5 Å². The zero-order valence-corrected chi connectivity index (χ0v) is 20.3. The van der Waals surface area contributed by atoms with Gasteiger partial charge in [-0.25, -0.2) is 9.98 Å². The fourth-order valence-electron chi connectivity index (χ4n) is 4.81. The predicted octanol–water partition coefficient (Wildman–Crippen LogP) is 4.61. The molecule has 2 aromatic rings. The first kappa shape index (κ1) is 22.0. The van der Waals surface area contributed by atoms with Gasteiger partial charge < -0.3 is 10.2 Å². The van der Waals surface area contributed by atoms with Crippen LogP contribution in [0, 0.1) is 5.92 Å². The summed E-state index contributed by atoms with van der Waals surface area (Å²) in [5.74, 6) is 1.85. The number of amidine groups is 2. The second-order valence-corrected chi connectivity index (χ2v) is 9.24. The van der Waals surface area contributed by atoms with Crippen LogP contribution in [0.25, 0.3) is 5.70 Å². The van der Waals surface area contributed by atoms with Crippen molar-refractivity contribution in [3.05, 3.63) is 125 Å². The molecule has 36 heavy (non-hydrogen) atoms. The van der Waals surface area contributed by atoms with Crippen LogP contribution >= 0.6 is 0 Å². The topological polar surface area (TPSA) is 54.1 Å². The second kappa shape index (κ2) is 9.65. The molecule has 0 saturated carbocycles. The number of allylic oxidation sites excluding steroid dienone is 7. The van der Waals surface area contributed by atoms with Crippen LogP contribution in [0.2, 0.25) is 0 Å². The molecule has 0 bridgehead atoms. The molecule has 0 amide bonds. The first-order valence-corrected chi connectivity index (χ1v) is 12.4. The molecule has 3 aliphatic heterocycles. The molecule has 5 nitrogen and oxygen atoms in total. The Kier molecular flexibility index (Phi) is 5.90. The lowest BCUT2D eigenvalue weighted by molar-refractivity contribution is 0.531. The van der Waals surface area contributed by atoms with E-state index < -0.39 is 0 Å². The Bertz CT molecular complexity index is 1460. The SMILES string of the molecule is CN1CC=CC=C1c1cc(C2=NC(C3C=CC=CC3)=NC(c3ccccc3)N2)cc(C2=[N+]=CC=C2)c1. The van der Waals surface area contributed by atoms with E-state index in [2.05, 4.69) is 113 Å². The number of hydrogen-bond acceptors (Lipinski definition) is 4. The van der Waals surface area contributed by atoms with Crippen LogP contribution in [0.4, 0.5) is 0 Å². The van der Waals surface area contributed by atoms with E-state index in [-0.39, 0.29) is 12.1 Å². The highest BCUT2D eigenvalue weighted by Crippen LogP contribution is 2.28. The van der Waals surface area contributed by atoms with Gasteiger partial charge in [0.2, 0.25) is 0 Å². The smallest absolute Gasteiger partial charge is 0.334 e. The van der Waals surface area contributed by atoms with Crippen molar-refractivity contribution >= 4 is 29.3 Å². The summed E-state index contributed by atoms with van der Waals surface area (Å²) in [4.78, 5) is 12.4. The fourth-order valence-corrected chi connectivity index (χ4v) is 4.81. The molecule has 1 N–H and O–H groups in total. The number of nitrogens with one attached hydrogen (secondary N) is 1. The third kappa shape index (κ3) is 4.45. The first-order valence-electron chi connectivity index (χ1n) is 12.4. The monoisotopic (exact) mass is 470 g/mol. The van der Waals surface area contributed by atoms with Crippen LogP contribution in [0.1, 0.15) is 34.8 Å².